The van der Waals surface area contributed by atoms with Crippen molar-refractivity contribution in [2.24, 2.45) is 0 Å². The number of nitro groups is 1. The Morgan fingerprint density at radius 3 is 2.52 bits per heavy atom. The second-order valence-electron chi connectivity index (χ2n) is 4.50. The van der Waals surface area contributed by atoms with E-state index in [0.717, 1.165) is 11.3 Å². The van der Waals surface area contributed by atoms with Crippen LogP contribution in [0.1, 0.15) is 23.7 Å². The maximum Gasteiger partial charge on any atom is 0.269 e. The standard InChI is InChI=1S/C14H15N3O3S/c1-3-12-9(2)15-14(16-13(12)18)21-8-10-4-6-11(7-5-10)17(19)20/h4-7H,3,8H2,1-2H3,(H,15,16,18). The lowest BCUT2D eigenvalue weighted by Crippen LogP contribution is -2.16. The lowest BCUT2D eigenvalue weighted by molar-refractivity contribution is -0.384. The van der Waals surface area contributed by atoms with Crippen molar-refractivity contribution in [1.82, 2.24) is 9.97 Å². The van der Waals surface area contributed by atoms with Gasteiger partial charge in [-0.25, -0.2) is 4.98 Å². The normalized spacial score (nSPS) is 10.6. The number of aryl methyl sites for hydroxylation is 1. The predicted octanol–water partition coefficient (Wildman–Crippen LogP) is 2.84. The van der Waals surface area contributed by atoms with Gasteiger partial charge in [-0.2, -0.15) is 0 Å². The van der Waals surface area contributed by atoms with Crippen molar-refractivity contribution >= 4 is 17.4 Å². The fraction of sp³-hybridized carbons (Fsp3) is 0.286. The van der Waals surface area contributed by atoms with Gasteiger partial charge in [0, 0.05) is 29.1 Å². The van der Waals surface area contributed by atoms with E-state index in [4.69, 9.17) is 0 Å². The molecule has 2 aromatic rings. The molecule has 7 heteroatoms. The van der Waals surface area contributed by atoms with Gasteiger partial charge in [0.1, 0.15) is 0 Å². The third-order valence-corrected chi connectivity index (χ3v) is 4.02. The van der Waals surface area contributed by atoms with Gasteiger partial charge in [-0.05, 0) is 18.9 Å². The number of non-ortho nitro benzene ring substituents is 1. The second kappa shape index (κ2) is 6.53. The highest BCUT2D eigenvalue weighted by Gasteiger charge is 2.08. The number of rotatable bonds is 5. The van der Waals surface area contributed by atoms with Gasteiger partial charge in [0.15, 0.2) is 5.16 Å². The number of thioether (sulfide) groups is 1. The summed E-state index contributed by atoms with van der Waals surface area (Å²) < 4.78 is 0. The lowest BCUT2D eigenvalue weighted by Gasteiger charge is -2.05. The highest BCUT2D eigenvalue weighted by Crippen LogP contribution is 2.21. The molecule has 110 valence electrons. The summed E-state index contributed by atoms with van der Waals surface area (Å²) in [5.41, 5.74) is 2.35. The number of nitro benzene ring substituents is 1. The van der Waals surface area contributed by atoms with Crippen molar-refractivity contribution in [3.63, 3.8) is 0 Å². The van der Waals surface area contributed by atoms with Crippen LogP contribution in [0.15, 0.2) is 34.2 Å². The molecule has 0 saturated heterocycles. The fourth-order valence-corrected chi connectivity index (χ4v) is 2.80. The molecule has 0 bridgehead atoms. The minimum Gasteiger partial charge on any atom is -0.301 e. The van der Waals surface area contributed by atoms with Crippen molar-refractivity contribution in [2.75, 3.05) is 0 Å². The SMILES string of the molecule is CCc1c(C)nc(SCc2ccc([N+](=O)[O-])cc2)[nH]c1=O. The van der Waals surface area contributed by atoms with Crippen LogP contribution in [0.4, 0.5) is 5.69 Å². The zero-order valence-corrected chi connectivity index (χ0v) is 12.6. The minimum atomic E-state index is -0.428. The van der Waals surface area contributed by atoms with Gasteiger partial charge in [-0.1, -0.05) is 30.8 Å². The Bertz CT molecular complexity index is 710. The molecule has 0 radical (unpaired) electrons. The van der Waals surface area contributed by atoms with Crippen LogP contribution in [0.3, 0.4) is 0 Å². The molecule has 0 spiro atoms. The van der Waals surface area contributed by atoms with E-state index in [0.29, 0.717) is 22.9 Å². The maximum absolute atomic E-state index is 11.8. The molecular formula is C14H15N3O3S. The van der Waals surface area contributed by atoms with Crippen LogP contribution in [-0.4, -0.2) is 14.9 Å². The molecule has 1 N–H and O–H groups in total. The molecule has 0 saturated carbocycles. The smallest absolute Gasteiger partial charge is 0.269 e. The van der Waals surface area contributed by atoms with Crippen LogP contribution in [0, 0.1) is 17.0 Å². The first-order valence-electron chi connectivity index (χ1n) is 6.47. The summed E-state index contributed by atoms with van der Waals surface area (Å²) in [6.45, 7) is 3.74. The summed E-state index contributed by atoms with van der Waals surface area (Å²) in [5.74, 6) is 0.589. The van der Waals surface area contributed by atoms with Crippen LogP contribution < -0.4 is 5.56 Å². The zero-order valence-electron chi connectivity index (χ0n) is 11.8. The average molecular weight is 305 g/mol. The Kier molecular flexibility index (Phi) is 4.74. The van der Waals surface area contributed by atoms with E-state index in [2.05, 4.69) is 9.97 Å². The molecule has 0 aliphatic carbocycles. The van der Waals surface area contributed by atoms with E-state index in [-0.39, 0.29) is 11.2 Å². The quantitative estimate of drug-likeness (QED) is 0.397. The van der Waals surface area contributed by atoms with E-state index in [1.807, 2.05) is 13.8 Å². The van der Waals surface area contributed by atoms with Crippen molar-refractivity contribution in [3.05, 3.63) is 61.6 Å². The number of benzene rings is 1. The number of hydrogen-bond donors (Lipinski definition) is 1. The first-order valence-corrected chi connectivity index (χ1v) is 7.45. The molecule has 1 aromatic carbocycles. The summed E-state index contributed by atoms with van der Waals surface area (Å²) in [6, 6.07) is 6.35. The van der Waals surface area contributed by atoms with Crippen molar-refractivity contribution in [3.8, 4) is 0 Å². The van der Waals surface area contributed by atoms with Crippen molar-refractivity contribution in [1.29, 1.82) is 0 Å². The number of aromatic amines is 1. The predicted molar refractivity (Wildman–Crippen MR) is 81.6 cm³/mol. The van der Waals surface area contributed by atoms with Gasteiger partial charge in [-0.3, -0.25) is 14.9 Å². The molecule has 0 atom stereocenters. The number of nitrogens with one attached hydrogen (secondary N) is 1. The lowest BCUT2D eigenvalue weighted by atomic mass is 10.2. The third-order valence-electron chi connectivity index (χ3n) is 3.08. The molecule has 2 rings (SSSR count). The van der Waals surface area contributed by atoms with E-state index < -0.39 is 4.92 Å². The molecule has 21 heavy (non-hydrogen) atoms. The third kappa shape index (κ3) is 3.69. The first-order chi connectivity index (χ1) is 10.0. The molecule has 0 unspecified atom stereocenters. The average Bonchev–Trinajstić information content (AvgIpc) is 2.45. The van der Waals surface area contributed by atoms with Crippen LogP contribution in [0.25, 0.3) is 0 Å². The van der Waals surface area contributed by atoms with Gasteiger partial charge in [-0.15, -0.1) is 0 Å². The summed E-state index contributed by atoms with van der Waals surface area (Å²) in [4.78, 5) is 29.1. The summed E-state index contributed by atoms with van der Waals surface area (Å²) in [7, 11) is 0. The highest BCUT2D eigenvalue weighted by atomic mass is 32.2. The Morgan fingerprint density at radius 2 is 2.00 bits per heavy atom. The summed E-state index contributed by atoms with van der Waals surface area (Å²) >= 11 is 1.40. The van der Waals surface area contributed by atoms with E-state index >= 15 is 0 Å². The number of aromatic nitrogens is 2. The molecule has 0 fully saturated rings. The Hall–Kier alpha value is -2.15. The molecule has 1 aromatic heterocycles. The number of nitrogens with zero attached hydrogens (tertiary/aromatic N) is 2. The van der Waals surface area contributed by atoms with E-state index in [1.165, 1.54) is 23.9 Å². The second-order valence-corrected chi connectivity index (χ2v) is 5.46. The van der Waals surface area contributed by atoms with Crippen LogP contribution in [0.5, 0.6) is 0 Å². The van der Waals surface area contributed by atoms with Crippen LogP contribution >= 0.6 is 11.8 Å². The van der Waals surface area contributed by atoms with Gasteiger partial charge in [0.2, 0.25) is 0 Å². The molecule has 0 amide bonds. The molecule has 1 heterocycles. The Morgan fingerprint density at radius 1 is 1.33 bits per heavy atom. The zero-order chi connectivity index (χ0) is 15.4. The summed E-state index contributed by atoms with van der Waals surface area (Å²) in [6.07, 6.45) is 0.654. The highest BCUT2D eigenvalue weighted by molar-refractivity contribution is 7.98. The van der Waals surface area contributed by atoms with E-state index in [9.17, 15) is 14.9 Å². The molecular weight excluding hydrogens is 290 g/mol. The van der Waals surface area contributed by atoms with E-state index in [1.54, 1.807) is 12.1 Å². The molecule has 6 nitrogen and oxygen atoms in total. The minimum absolute atomic E-state index is 0.0680. The van der Waals surface area contributed by atoms with Gasteiger partial charge < -0.3 is 4.98 Å². The maximum atomic E-state index is 11.8. The van der Waals surface area contributed by atoms with Crippen LogP contribution in [-0.2, 0) is 12.2 Å². The Balaban J connectivity index is 2.09. The fourth-order valence-electron chi connectivity index (χ4n) is 1.93. The van der Waals surface area contributed by atoms with Gasteiger partial charge in [0.25, 0.3) is 11.2 Å². The first kappa shape index (κ1) is 15.2. The number of hydrogen-bond acceptors (Lipinski definition) is 5. The van der Waals surface area contributed by atoms with Gasteiger partial charge >= 0.3 is 0 Å². The van der Waals surface area contributed by atoms with Crippen molar-refractivity contribution in [2.45, 2.75) is 31.2 Å². The number of H-pyrrole nitrogens is 1. The largest absolute Gasteiger partial charge is 0.301 e. The monoisotopic (exact) mass is 305 g/mol. The topological polar surface area (TPSA) is 88.9 Å². The molecule has 0 aliphatic rings. The molecule has 0 aliphatic heterocycles. The van der Waals surface area contributed by atoms with Crippen LogP contribution in [0.2, 0.25) is 0 Å². The Labute approximate surface area is 125 Å². The van der Waals surface area contributed by atoms with Gasteiger partial charge in [0.05, 0.1) is 4.92 Å². The van der Waals surface area contributed by atoms with Crippen molar-refractivity contribution < 1.29 is 4.92 Å². The summed E-state index contributed by atoms with van der Waals surface area (Å²) in [5, 5.41) is 11.1.